The van der Waals surface area contributed by atoms with Crippen molar-refractivity contribution in [3.63, 3.8) is 0 Å². The molecule has 1 amide bonds. The number of benzene rings is 4. The molecule has 0 unspecified atom stereocenters. The van der Waals surface area contributed by atoms with Gasteiger partial charge in [0.25, 0.3) is 5.91 Å². The van der Waals surface area contributed by atoms with E-state index < -0.39 is 0 Å². The number of ether oxygens (including phenoxy) is 2. The van der Waals surface area contributed by atoms with Crippen molar-refractivity contribution in [3.05, 3.63) is 105 Å². The third kappa shape index (κ3) is 5.70. The maximum absolute atomic E-state index is 12.5. The normalized spacial score (nSPS) is 11.0. The third-order valence-electron chi connectivity index (χ3n) is 5.15. The van der Waals surface area contributed by atoms with E-state index in [4.69, 9.17) is 9.47 Å². The monoisotopic (exact) mass is 550 g/mol. The van der Waals surface area contributed by atoms with Gasteiger partial charge in [-0.1, -0.05) is 60.2 Å². The number of halogens is 1. The summed E-state index contributed by atoms with van der Waals surface area (Å²) in [5.41, 5.74) is 6.23. The smallest absolute Gasteiger partial charge is 0.271 e. The summed E-state index contributed by atoms with van der Waals surface area (Å²) in [6.07, 6.45) is 1.59. The summed E-state index contributed by atoms with van der Waals surface area (Å²) in [6, 6.07) is 25.5. The zero-order valence-electron chi connectivity index (χ0n) is 18.3. The van der Waals surface area contributed by atoms with E-state index in [1.54, 1.807) is 19.4 Å². The zero-order valence-corrected chi connectivity index (χ0v) is 20.5. The van der Waals surface area contributed by atoms with Crippen LogP contribution in [-0.2, 0) is 6.61 Å². The van der Waals surface area contributed by atoms with E-state index in [0.717, 1.165) is 25.5 Å². The number of carbonyl (C=O) groups excluding carboxylic acids is 1. The number of carbonyl (C=O) groups is 1. The van der Waals surface area contributed by atoms with Gasteiger partial charge in [0.1, 0.15) is 6.61 Å². The van der Waals surface area contributed by atoms with E-state index >= 15 is 0 Å². The van der Waals surface area contributed by atoms with Crippen molar-refractivity contribution >= 4 is 45.5 Å². The molecule has 4 aromatic rings. The van der Waals surface area contributed by atoms with Gasteiger partial charge < -0.3 is 9.47 Å². The molecule has 0 aromatic heterocycles. The molecule has 0 aliphatic heterocycles. The van der Waals surface area contributed by atoms with Gasteiger partial charge in [-0.2, -0.15) is 5.10 Å². The van der Waals surface area contributed by atoms with Crippen molar-refractivity contribution in [2.75, 3.05) is 7.11 Å². The lowest BCUT2D eigenvalue weighted by Crippen LogP contribution is -2.17. The van der Waals surface area contributed by atoms with Gasteiger partial charge in [-0.25, -0.2) is 5.43 Å². The predicted octanol–water partition coefficient (Wildman–Crippen LogP) is 6.10. The molecule has 5 nitrogen and oxygen atoms in total. The second kappa shape index (κ2) is 10.5. The minimum Gasteiger partial charge on any atom is -0.493 e. The van der Waals surface area contributed by atoms with Crippen molar-refractivity contribution in [2.24, 2.45) is 5.10 Å². The maximum atomic E-state index is 12.5. The Labute approximate surface area is 206 Å². The average molecular weight is 550 g/mol. The van der Waals surface area contributed by atoms with Crippen LogP contribution in [0.25, 0.3) is 10.8 Å². The highest BCUT2D eigenvalue weighted by molar-refractivity contribution is 14.1. The molecule has 0 radical (unpaired) electrons. The number of nitrogens with one attached hydrogen (secondary N) is 1. The Morgan fingerprint density at radius 2 is 1.76 bits per heavy atom. The first-order valence-electron chi connectivity index (χ1n) is 10.4. The van der Waals surface area contributed by atoms with E-state index in [0.29, 0.717) is 23.7 Å². The van der Waals surface area contributed by atoms with E-state index in [1.165, 1.54) is 5.56 Å². The van der Waals surface area contributed by atoms with Gasteiger partial charge in [0.15, 0.2) is 11.5 Å². The highest BCUT2D eigenvalue weighted by Gasteiger charge is 2.12. The summed E-state index contributed by atoms with van der Waals surface area (Å²) in [7, 11) is 1.60. The molecule has 0 aliphatic rings. The average Bonchev–Trinajstić information content (AvgIpc) is 2.83. The molecule has 0 atom stereocenters. The second-order valence-corrected chi connectivity index (χ2v) is 8.73. The zero-order chi connectivity index (χ0) is 23.2. The molecular weight excluding hydrogens is 527 g/mol. The first-order valence-corrected chi connectivity index (χ1v) is 11.5. The number of hydrazone groups is 1. The number of hydrogen-bond acceptors (Lipinski definition) is 4. The lowest BCUT2D eigenvalue weighted by Gasteiger charge is -2.13. The maximum Gasteiger partial charge on any atom is 0.271 e. The van der Waals surface area contributed by atoms with Gasteiger partial charge >= 0.3 is 0 Å². The Balaban J connectivity index is 1.44. The first-order chi connectivity index (χ1) is 16.0. The molecular formula is C27H23IN2O3. The topological polar surface area (TPSA) is 59.9 Å². The molecule has 0 fully saturated rings. The van der Waals surface area contributed by atoms with Gasteiger partial charge in [-0.15, -0.1) is 0 Å². The Bertz CT molecular complexity index is 1320. The first kappa shape index (κ1) is 22.8. The summed E-state index contributed by atoms with van der Waals surface area (Å²) in [4.78, 5) is 12.5. The van der Waals surface area contributed by atoms with Crippen molar-refractivity contribution in [1.29, 1.82) is 0 Å². The van der Waals surface area contributed by atoms with Crippen LogP contribution >= 0.6 is 22.6 Å². The van der Waals surface area contributed by atoms with Crippen LogP contribution in [0.15, 0.2) is 84.0 Å². The standard InChI is InChI=1S/C27H23IN2O3/c1-18-7-9-19(10-8-18)17-33-26-24(28)13-20(14-25(26)32-2)16-29-30-27(31)23-12-11-21-5-3-4-6-22(21)15-23/h3-16H,17H2,1-2H3,(H,30,31)/b29-16-. The largest absolute Gasteiger partial charge is 0.493 e. The molecule has 33 heavy (non-hydrogen) atoms. The number of rotatable bonds is 7. The number of nitrogens with zero attached hydrogens (tertiary/aromatic N) is 1. The van der Waals surface area contributed by atoms with Crippen LogP contribution in [0.2, 0.25) is 0 Å². The van der Waals surface area contributed by atoms with Crippen LogP contribution in [0.3, 0.4) is 0 Å². The summed E-state index contributed by atoms with van der Waals surface area (Å²) in [5.74, 6) is 1.02. The van der Waals surface area contributed by atoms with Crippen molar-refractivity contribution < 1.29 is 14.3 Å². The highest BCUT2D eigenvalue weighted by atomic mass is 127. The lowest BCUT2D eigenvalue weighted by molar-refractivity contribution is 0.0955. The molecule has 0 saturated heterocycles. The van der Waals surface area contributed by atoms with Crippen LogP contribution in [0.4, 0.5) is 0 Å². The molecule has 4 aromatic carbocycles. The van der Waals surface area contributed by atoms with Crippen LogP contribution in [0.1, 0.15) is 27.0 Å². The van der Waals surface area contributed by atoms with E-state index in [1.807, 2.05) is 60.7 Å². The minimum atomic E-state index is -0.267. The van der Waals surface area contributed by atoms with Crippen molar-refractivity contribution in [3.8, 4) is 11.5 Å². The molecule has 0 saturated carbocycles. The fourth-order valence-corrected chi connectivity index (χ4v) is 4.14. The van der Waals surface area contributed by atoms with Gasteiger partial charge in [0.05, 0.1) is 16.9 Å². The van der Waals surface area contributed by atoms with Gasteiger partial charge in [0.2, 0.25) is 0 Å². The summed E-state index contributed by atoms with van der Waals surface area (Å²) >= 11 is 2.21. The molecule has 0 bridgehead atoms. The Hall–Kier alpha value is -3.39. The van der Waals surface area contributed by atoms with Crippen LogP contribution in [0.5, 0.6) is 11.5 Å². The molecule has 6 heteroatoms. The van der Waals surface area contributed by atoms with Crippen molar-refractivity contribution in [1.82, 2.24) is 5.43 Å². The molecule has 4 rings (SSSR count). The molecule has 0 aliphatic carbocycles. The number of amides is 1. The Morgan fingerprint density at radius 3 is 2.52 bits per heavy atom. The molecule has 166 valence electrons. The molecule has 1 N–H and O–H groups in total. The minimum absolute atomic E-state index is 0.267. The SMILES string of the molecule is COc1cc(/C=N\NC(=O)c2ccc3ccccc3c2)cc(I)c1OCc1ccc(C)cc1. The summed E-state index contributed by atoms with van der Waals surface area (Å²) in [5, 5.41) is 6.22. The van der Waals surface area contributed by atoms with Crippen LogP contribution in [-0.4, -0.2) is 19.2 Å². The Kier molecular flexibility index (Phi) is 7.24. The lowest BCUT2D eigenvalue weighted by atomic mass is 10.1. The predicted molar refractivity (Wildman–Crippen MR) is 140 cm³/mol. The third-order valence-corrected chi connectivity index (χ3v) is 5.95. The quantitative estimate of drug-likeness (QED) is 0.172. The van der Waals surface area contributed by atoms with E-state index in [9.17, 15) is 4.79 Å². The van der Waals surface area contributed by atoms with Gasteiger partial charge in [-0.3, -0.25) is 4.79 Å². The van der Waals surface area contributed by atoms with Crippen molar-refractivity contribution in [2.45, 2.75) is 13.5 Å². The number of hydrogen-bond donors (Lipinski definition) is 1. The van der Waals surface area contributed by atoms with Crippen LogP contribution < -0.4 is 14.9 Å². The second-order valence-electron chi connectivity index (χ2n) is 7.57. The van der Waals surface area contributed by atoms with Gasteiger partial charge in [-0.05, 0) is 75.7 Å². The summed E-state index contributed by atoms with van der Waals surface area (Å²) < 4.78 is 12.5. The van der Waals surface area contributed by atoms with Crippen LogP contribution in [0, 0.1) is 10.5 Å². The molecule has 0 spiro atoms. The fraction of sp³-hybridized carbons (Fsp3) is 0.111. The number of aryl methyl sites for hydroxylation is 1. The number of methoxy groups -OCH3 is 1. The fourth-order valence-electron chi connectivity index (χ4n) is 3.35. The Morgan fingerprint density at radius 1 is 1.00 bits per heavy atom. The van der Waals surface area contributed by atoms with E-state index in [-0.39, 0.29) is 5.91 Å². The number of fused-ring (bicyclic) bond motifs is 1. The van der Waals surface area contributed by atoms with E-state index in [2.05, 4.69) is 52.2 Å². The van der Waals surface area contributed by atoms with Gasteiger partial charge in [0, 0.05) is 5.56 Å². The molecule has 0 heterocycles. The highest BCUT2D eigenvalue weighted by Crippen LogP contribution is 2.34. The summed E-state index contributed by atoms with van der Waals surface area (Å²) in [6.45, 7) is 2.50.